The summed E-state index contributed by atoms with van der Waals surface area (Å²) in [6.45, 7) is 0.780. The molecule has 1 amide bonds. The Balaban J connectivity index is 1.43. The number of hydrogen-bond acceptors (Lipinski definition) is 6. The molecule has 0 aliphatic heterocycles. The highest BCUT2D eigenvalue weighted by molar-refractivity contribution is 7.99. The second-order valence-electron chi connectivity index (χ2n) is 7.31. The lowest BCUT2D eigenvalue weighted by Crippen LogP contribution is -2.31. The van der Waals surface area contributed by atoms with Crippen molar-refractivity contribution in [2.24, 2.45) is 13.0 Å². The van der Waals surface area contributed by atoms with Gasteiger partial charge in [-0.2, -0.15) is 0 Å². The van der Waals surface area contributed by atoms with Crippen LogP contribution in [0.25, 0.3) is 22.1 Å². The molecular weight excluding hydrogens is 374 g/mol. The average molecular weight is 400 g/mol. The molecule has 1 fully saturated rings. The van der Waals surface area contributed by atoms with Gasteiger partial charge in [0.25, 0.3) is 0 Å². The number of nitrogens with zero attached hydrogens (tertiary/aromatic N) is 4. The lowest BCUT2D eigenvalue weighted by Gasteiger charge is -2.21. The first-order chi connectivity index (χ1) is 13.7. The standard InChI is InChI=1S/C20H25N5O2S/c1-25-16-9-8-14(27-2)10-15(16)18-19(25)22-20(24-23-18)28-12-17(26)21-11-13-6-4-3-5-7-13/h8-10,13H,3-7,11-12H2,1-2H3,(H,21,26). The van der Waals surface area contributed by atoms with Gasteiger partial charge < -0.3 is 14.6 Å². The van der Waals surface area contributed by atoms with Crippen LogP contribution in [0, 0.1) is 5.92 Å². The molecule has 1 N–H and O–H groups in total. The van der Waals surface area contributed by atoms with Gasteiger partial charge >= 0.3 is 0 Å². The third-order valence-corrected chi connectivity index (χ3v) is 6.27. The highest BCUT2D eigenvalue weighted by Crippen LogP contribution is 2.29. The van der Waals surface area contributed by atoms with Crippen LogP contribution in [0.3, 0.4) is 0 Å². The van der Waals surface area contributed by atoms with Crippen molar-refractivity contribution in [3.8, 4) is 5.75 Å². The molecule has 3 aromatic rings. The van der Waals surface area contributed by atoms with Crippen LogP contribution in [0.2, 0.25) is 0 Å². The van der Waals surface area contributed by atoms with E-state index >= 15 is 0 Å². The molecule has 4 rings (SSSR count). The summed E-state index contributed by atoms with van der Waals surface area (Å²) in [7, 11) is 3.60. The van der Waals surface area contributed by atoms with Crippen molar-refractivity contribution < 1.29 is 9.53 Å². The van der Waals surface area contributed by atoms with Crippen LogP contribution in [0.15, 0.2) is 23.4 Å². The number of carbonyl (C=O) groups is 1. The zero-order valence-electron chi connectivity index (χ0n) is 16.3. The van der Waals surface area contributed by atoms with Gasteiger partial charge in [0.15, 0.2) is 5.65 Å². The molecule has 0 spiro atoms. The predicted octanol–water partition coefficient (Wildman–Crippen LogP) is 3.31. The van der Waals surface area contributed by atoms with Crippen LogP contribution >= 0.6 is 11.8 Å². The molecule has 1 aromatic carbocycles. The third-order valence-electron chi connectivity index (χ3n) is 5.43. The third kappa shape index (κ3) is 3.92. The maximum Gasteiger partial charge on any atom is 0.230 e. The van der Waals surface area contributed by atoms with Gasteiger partial charge in [0, 0.05) is 19.0 Å². The van der Waals surface area contributed by atoms with Crippen molar-refractivity contribution in [2.45, 2.75) is 37.3 Å². The fourth-order valence-corrected chi connectivity index (χ4v) is 4.45. The first kappa shape index (κ1) is 19.0. The van der Waals surface area contributed by atoms with Crippen molar-refractivity contribution in [3.63, 3.8) is 0 Å². The lowest BCUT2D eigenvalue weighted by atomic mass is 9.89. The van der Waals surface area contributed by atoms with Crippen molar-refractivity contribution in [1.82, 2.24) is 25.1 Å². The number of thioether (sulfide) groups is 1. The lowest BCUT2D eigenvalue weighted by molar-refractivity contribution is -0.118. The summed E-state index contributed by atoms with van der Waals surface area (Å²) < 4.78 is 7.30. The number of methoxy groups -OCH3 is 1. The minimum Gasteiger partial charge on any atom is -0.497 e. The largest absolute Gasteiger partial charge is 0.497 e. The van der Waals surface area contributed by atoms with Gasteiger partial charge in [0.2, 0.25) is 11.1 Å². The zero-order chi connectivity index (χ0) is 19.5. The molecule has 0 bridgehead atoms. The molecule has 1 saturated carbocycles. The number of rotatable bonds is 6. The number of amides is 1. The average Bonchev–Trinajstić information content (AvgIpc) is 3.02. The molecule has 8 heteroatoms. The van der Waals surface area contributed by atoms with E-state index in [9.17, 15) is 4.79 Å². The normalized spacial score (nSPS) is 15.2. The van der Waals surface area contributed by atoms with Gasteiger partial charge in [-0.05, 0) is 37.0 Å². The molecule has 0 saturated heterocycles. The van der Waals surface area contributed by atoms with Crippen molar-refractivity contribution >= 4 is 39.7 Å². The summed E-state index contributed by atoms with van der Waals surface area (Å²) in [5.74, 6) is 1.73. The van der Waals surface area contributed by atoms with Crippen LogP contribution in [0.4, 0.5) is 0 Å². The monoisotopic (exact) mass is 399 g/mol. The van der Waals surface area contributed by atoms with Gasteiger partial charge in [0.05, 0.1) is 18.4 Å². The van der Waals surface area contributed by atoms with Crippen molar-refractivity contribution in [1.29, 1.82) is 0 Å². The Morgan fingerprint density at radius 2 is 2.11 bits per heavy atom. The summed E-state index contributed by atoms with van der Waals surface area (Å²) in [4.78, 5) is 16.8. The van der Waals surface area contributed by atoms with E-state index < -0.39 is 0 Å². The number of hydrogen-bond donors (Lipinski definition) is 1. The molecule has 2 aromatic heterocycles. The summed E-state index contributed by atoms with van der Waals surface area (Å²) in [5.41, 5.74) is 2.51. The molecule has 0 radical (unpaired) electrons. The van der Waals surface area contributed by atoms with E-state index in [0.717, 1.165) is 34.4 Å². The second kappa shape index (κ2) is 8.34. The molecule has 28 heavy (non-hydrogen) atoms. The fraction of sp³-hybridized carbons (Fsp3) is 0.500. The Kier molecular flexibility index (Phi) is 5.66. The zero-order valence-corrected chi connectivity index (χ0v) is 17.1. The number of ether oxygens (including phenoxy) is 1. The summed E-state index contributed by atoms with van der Waals surface area (Å²) in [6.07, 6.45) is 6.34. The van der Waals surface area contributed by atoms with Crippen molar-refractivity contribution in [3.05, 3.63) is 18.2 Å². The highest BCUT2D eigenvalue weighted by Gasteiger charge is 2.16. The van der Waals surface area contributed by atoms with E-state index in [1.165, 1.54) is 43.9 Å². The first-order valence-electron chi connectivity index (χ1n) is 9.72. The van der Waals surface area contributed by atoms with E-state index in [2.05, 4.69) is 20.5 Å². The van der Waals surface area contributed by atoms with Gasteiger partial charge in [0.1, 0.15) is 11.3 Å². The number of fused-ring (bicyclic) bond motifs is 3. The molecule has 0 unspecified atom stereocenters. The Morgan fingerprint density at radius 1 is 1.29 bits per heavy atom. The van der Waals surface area contributed by atoms with Gasteiger partial charge in [-0.15, -0.1) is 10.2 Å². The summed E-state index contributed by atoms with van der Waals surface area (Å²) in [5, 5.41) is 13.1. The van der Waals surface area contributed by atoms with E-state index in [0.29, 0.717) is 16.8 Å². The van der Waals surface area contributed by atoms with Gasteiger partial charge in [-0.25, -0.2) is 4.98 Å². The molecule has 1 aliphatic rings. The second-order valence-corrected chi connectivity index (χ2v) is 8.25. The van der Waals surface area contributed by atoms with E-state index in [-0.39, 0.29) is 5.91 Å². The van der Waals surface area contributed by atoms with Crippen LogP contribution < -0.4 is 10.1 Å². The minimum absolute atomic E-state index is 0.0287. The Hall–Kier alpha value is -2.35. The summed E-state index contributed by atoms with van der Waals surface area (Å²) in [6, 6.07) is 5.85. The molecule has 148 valence electrons. The fourth-order valence-electron chi connectivity index (χ4n) is 3.84. The number of aryl methyl sites for hydroxylation is 1. The molecular formula is C20H25N5O2S. The predicted molar refractivity (Wildman–Crippen MR) is 111 cm³/mol. The van der Waals surface area contributed by atoms with Crippen LogP contribution in [0.5, 0.6) is 5.75 Å². The minimum atomic E-state index is 0.0287. The maximum absolute atomic E-state index is 12.2. The Bertz CT molecular complexity index is 997. The maximum atomic E-state index is 12.2. The number of aromatic nitrogens is 4. The SMILES string of the molecule is COc1ccc2c(c1)c1nnc(SCC(=O)NCC3CCCCC3)nc1n2C. The number of nitrogens with one attached hydrogen (secondary N) is 1. The molecule has 2 heterocycles. The number of carbonyl (C=O) groups excluding carboxylic acids is 1. The van der Waals surface area contributed by atoms with E-state index in [1.54, 1.807) is 7.11 Å². The molecule has 0 atom stereocenters. The number of benzene rings is 1. The topological polar surface area (TPSA) is 81.9 Å². The highest BCUT2D eigenvalue weighted by atomic mass is 32.2. The van der Waals surface area contributed by atoms with E-state index in [4.69, 9.17) is 4.74 Å². The quantitative estimate of drug-likeness (QED) is 0.641. The Morgan fingerprint density at radius 3 is 2.89 bits per heavy atom. The van der Waals surface area contributed by atoms with Gasteiger partial charge in [-0.3, -0.25) is 4.79 Å². The molecule has 1 aliphatic carbocycles. The first-order valence-corrected chi connectivity index (χ1v) is 10.7. The van der Waals surface area contributed by atoms with Crippen LogP contribution in [-0.2, 0) is 11.8 Å². The van der Waals surface area contributed by atoms with Gasteiger partial charge in [-0.1, -0.05) is 31.0 Å². The Labute approximate surface area is 168 Å². The van der Waals surface area contributed by atoms with Crippen LogP contribution in [0.1, 0.15) is 32.1 Å². The van der Waals surface area contributed by atoms with Crippen molar-refractivity contribution in [2.75, 3.05) is 19.4 Å². The van der Waals surface area contributed by atoms with Crippen LogP contribution in [-0.4, -0.2) is 45.1 Å². The molecule has 7 nitrogen and oxygen atoms in total. The smallest absolute Gasteiger partial charge is 0.230 e. The summed E-state index contributed by atoms with van der Waals surface area (Å²) >= 11 is 1.32. The van der Waals surface area contributed by atoms with E-state index in [1.807, 2.05) is 29.8 Å².